The van der Waals surface area contributed by atoms with Gasteiger partial charge in [-0.1, -0.05) is 5.18 Å². The van der Waals surface area contributed by atoms with E-state index in [1.165, 1.54) is 0 Å². The molecule has 0 bridgehead atoms. The van der Waals surface area contributed by atoms with E-state index in [-0.39, 0.29) is 19.3 Å². The first-order valence-corrected chi connectivity index (χ1v) is 7.39. The van der Waals surface area contributed by atoms with Crippen molar-refractivity contribution >= 4 is 11.1 Å². The second kappa shape index (κ2) is 6.18. The molecule has 0 spiro atoms. The molecule has 1 aliphatic carbocycles. The third kappa shape index (κ3) is 3.57. The van der Waals surface area contributed by atoms with Crippen LogP contribution in [0.5, 0.6) is 0 Å². The van der Waals surface area contributed by atoms with Gasteiger partial charge < -0.3 is 14.0 Å². The van der Waals surface area contributed by atoms with Crippen molar-refractivity contribution < 1.29 is 18.2 Å². The van der Waals surface area contributed by atoms with Crippen molar-refractivity contribution in [1.82, 2.24) is 0 Å². The molecule has 1 saturated heterocycles. The standard InChI is InChI=1S/C11H19NO5S/c13-12-9(7-11(4-5-11)18(14)15)8-17-10-3-1-2-6-16-10/h9-10H,1-8H2,(H,14,15)/p-1/t9-,10?/m0/s1. The molecule has 6 nitrogen and oxygen atoms in total. The van der Waals surface area contributed by atoms with Crippen molar-refractivity contribution in [3.8, 4) is 0 Å². The van der Waals surface area contributed by atoms with E-state index in [1.54, 1.807) is 0 Å². The molecular formula is C11H18NO5S-. The molecule has 104 valence electrons. The zero-order valence-corrected chi connectivity index (χ0v) is 11.0. The summed E-state index contributed by atoms with van der Waals surface area (Å²) >= 11 is -2.13. The van der Waals surface area contributed by atoms with Crippen LogP contribution in [-0.2, 0) is 20.6 Å². The summed E-state index contributed by atoms with van der Waals surface area (Å²) in [5.74, 6) is 0. The lowest BCUT2D eigenvalue weighted by atomic mass is 10.1. The Morgan fingerprint density at radius 2 is 2.28 bits per heavy atom. The van der Waals surface area contributed by atoms with Crippen molar-refractivity contribution in [3.05, 3.63) is 4.91 Å². The van der Waals surface area contributed by atoms with E-state index in [0.29, 0.717) is 19.4 Å². The average Bonchev–Trinajstić information content (AvgIpc) is 3.17. The largest absolute Gasteiger partial charge is 0.772 e. The Morgan fingerprint density at radius 3 is 2.78 bits per heavy atom. The van der Waals surface area contributed by atoms with Crippen molar-refractivity contribution in [2.24, 2.45) is 5.18 Å². The molecule has 0 aromatic heterocycles. The maximum atomic E-state index is 11.0. The molecule has 0 aromatic rings. The van der Waals surface area contributed by atoms with Gasteiger partial charge in [0.25, 0.3) is 0 Å². The molecule has 2 rings (SSSR count). The van der Waals surface area contributed by atoms with E-state index in [0.717, 1.165) is 19.3 Å². The molecule has 0 N–H and O–H groups in total. The maximum absolute atomic E-state index is 11.0. The van der Waals surface area contributed by atoms with Gasteiger partial charge in [0.2, 0.25) is 0 Å². The first-order chi connectivity index (χ1) is 8.66. The molecular weight excluding hydrogens is 258 g/mol. The summed E-state index contributed by atoms with van der Waals surface area (Å²) in [6.07, 6.45) is 4.15. The van der Waals surface area contributed by atoms with Crippen LogP contribution in [-0.4, -0.2) is 39.1 Å². The zero-order chi connectivity index (χ0) is 13.0. The molecule has 18 heavy (non-hydrogen) atoms. The predicted molar refractivity (Wildman–Crippen MR) is 64.6 cm³/mol. The van der Waals surface area contributed by atoms with Gasteiger partial charge in [0.1, 0.15) is 6.04 Å². The van der Waals surface area contributed by atoms with Crippen molar-refractivity contribution in [1.29, 1.82) is 0 Å². The van der Waals surface area contributed by atoms with Crippen LogP contribution in [0.2, 0.25) is 0 Å². The highest BCUT2D eigenvalue weighted by atomic mass is 32.2. The fraction of sp³-hybridized carbons (Fsp3) is 1.00. The second-order valence-electron chi connectivity index (χ2n) is 5.01. The summed E-state index contributed by atoms with van der Waals surface area (Å²) in [6.45, 7) is 0.825. The molecule has 7 heteroatoms. The Morgan fingerprint density at radius 1 is 1.50 bits per heavy atom. The van der Waals surface area contributed by atoms with Gasteiger partial charge in [-0.3, -0.25) is 4.21 Å². The summed E-state index contributed by atoms with van der Waals surface area (Å²) < 4.78 is 32.2. The van der Waals surface area contributed by atoms with Crippen LogP contribution < -0.4 is 0 Å². The highest BCUT2D eigenvalue weighted by molar-refractivity contribution is 7.81. The Hall–Kier alpha value is -0.370. The van der Waals surface area contributed by atoms with Gasteiger partial charge in [0.05, 0.1) is 6.61 Å². The van der Waals surface area contributed by atoms with Gasteiger partial charge in [0.15, 0.2) is 6.29 Å². The van der Waals surface area contributed by atoms with Gasteiger partial charge in [-0.2, -0.15) is 4.91 Å². The molecule has 2 fully saturated rings. The third-order valence-corrected chi connectivity index (χ3v) is 4.81. The van der Waals surface area contributed by atoms with E-state index in [9.17, 15) is 13.7 Å². The molecule has 2 aliphatic rings. The Labute approximate surface area is 109 Å². The quantitative estimate of drug-likeness (QED) is 0.519. The van der Waals surface area contributed by atoms with Crippen LogP contribution in [0.4, 0.5) is 0 Å². The molecule has 3 atom stereocenters. The smallest absolute Gasteiger partial charge is 0.157 e. The Bertz CT molecular complexity index is 315. The van der Waals surface area contributed by atoms with Crippen LogP contribution in [0.3, 0.4) is 0 Å². The Kier molecular flexibility index (Phi) is 4.83. The van der Waals surface area contributed by atoms with E-state index in [2.05, 4.69) is 5.18 Å². The minimum absolute atomic E-state index is 0.146. The van der Waals surface area contributed by atoms with Crippen LogP contribution in [0.1, 0.15) is 38.5 Å². The highest BCUT2D eigenvalue weighted by Crippen LogP contribution is 2.45. The zero-order valence-electron chi connectivity index (χ0n) is 10.2. The van der Waals surface area contributed by atoms with E-state index < -0.39 is 21.9 Å². The number of rotatable bonds is 7. The fourth-order valence-electron chi connectivity index (χ4n) is 2.20. The van der Waals surface area contributed by atoms with Gasteiger partial charge in [-0.25, -0.2) is 0 Å². The monoisotopic (exact) mass is 276 g/mol. The third-order valence-electron chi connectivity index (χ3n) is 3.53. The van der Waals surface area contributed by atoms with Crippen LogP contribution >= 0.6 is 0 Å². The molecule has 1 aliphatic heterocycles. The van der Waals surface area contributed by atoms with Crippen molar-refractivity contribution in [2.75, 3.05) is 13.2 Å². The number of ether oxygens (including phenoxy) is 2. The molecule has 0 aromatic carbocycles. The van der Waals surface area contributed by atoms with Gasteiger partial charge in [-0.05, 0) is 49.6 Å². The van der Waals surface area contributed by atoms with Gasteiger partial charge in [0, 0.05) is 11.4 Å². The minimum atomic E-state index is -2.13. The first kappa shape index (κ1) is 14.0. The number of nitroso groups, excluding NO2 is 1. The van der Waals surface area contributed by atoms with Crippen molar-refractivity contribution in [2.45, 2.75) is 55.6 Å². The van der Waals surface area contributed by atoms with Gasteiger partial charge >= 0.3 is 0 Å². The summed E-state index contributed by atoms with van der Waals surface area (Å²) in [4.78, 5) is 10.7. The molecule has 0 radical (unpaired) electrons. The summed E-state index contributed by atoms with van der Waals surface area (Å²) in [6, 6.07) is -0.601. The number of hydrogen-bond acceptors (Lipinski definition) is 6. The maximum Gasteiger partial charge on any atom is 0.157 e. The summed E-state index contributed by atoms with van der Waals surface area (Å²) in [7, 11) is 0. The number of nitrogens with zero attached hydrogens (tertiary/aromatic N) is 1. The normalized spacial score (nSPS) is 29.5. The lowest BCUT2D eigenvalue weighted by molar-refractivity contribution is -0.164. The predicted octanol–water partition coefficient (Wildman–Crippen LogP) is 1.47. The summed E-state index contributed by atoms with van der Waals surface area (Å²) in [5.41, 5.74) is 0. The minimum Gasteiger partial charge on any atom is -0.772 e. The molecule has 1 saturated carbocycles. The topological polar surface area (TPSA) is 88.0 Å². The molecule has 0 amide bonds. The van der Waals surface area contributed by atoms with E-state index in [4.69, 9.17) is 9.47 Å². The van der Waals surface area contributed by atoms with Crippen LogP contribution in [0, 0.1) is 4.91 Å². The molecule has 2 unspecified atom stereocenters. The lowest BCUT2D eigenvalue weighted by Gasteiger charge is -2.25. The van der Waals surface area contributed by atoms with E-state index in [1.807, 2.05) is 0 Å². The van der Waals surface area contributed by atoms with Crippen LogP contribution in [0.15, 0.2) is 5.18 Å². The lowest BCUT2D eigenvalue weighted by Crippen LogP contribution is -2.30. The SMILES string of the molecule is O=N[C@H](COC1CCCCO1)CC1(S(=O)[O-])CC1. The number of hydrogen-bond donors (Lipinski definition) is 0. The first-order valence-electron chi connectivity index (χ1n) is 6.31. The summed E-state index contributed by atoms with van der Waals surface area (Å²) in [5, 5.41) is 2.98. The van der Waals surface area contributed by atoms with Gasteiger partial charge in [-0.15, -0.1) is 0 Å². The van der Waals surface area contributed by atoms with Crippen LogP contribution in [0.25, 0.3) is 0 Å². The Balaban J connectivity index is 1.75. The second-order valence-corrected chi connectivity index (χ2v) is 6.35. The average molecular weight is 276 g/mol. The highest BCUT2D eigenvalue weighted by Gasteiger charge is 2.46. The van der Waals surface area contributed by atoms with Crippen molar-refractivity contribution in [3.63, 3.8) is 0 Å². The van der Waals surface area contributed by atoms with E-state index >= 15 is 0 Å². The fourth-order valence-corrected chi connectivity index (χ4v) is 2.96. The molecule has 1 heterocycles.